The van der Waals surface area contributed by atoms with Crippen LogP contribution in [0.25, 0.3) is 11.1 Å². The highest BCUT2D eigenvalue weighted by atomic mass is 35.5. The molecule has 1 unspecified atom stereocenters. The van der Waals surface area contributed by atoms with E-state index >= 15 is 0 Å². The van der Waals surface area contributed by atoms with Crippen LogP contribution in [-0.2, 0) is 6.42 Å². The highest BCUT2D eigenvalue weighted by Gasteiger charge is 2.09. The van der Waals surface area contributed by atoms with Crippen LogP contribution in [0.3, 0.4) is 0 Å². The number of rotatable bonds is 4. The number of oxazole rings is 1. The van der Waals surface area contributed by atoms with Crippen molar-refractivity contribution in [2.45, 2.75) is 32.2 Å². The van der Waals surface area contributed by atoms with Gasteiger partial charge >= 0.3 is 0 Å². The highest BCUT2D eigenvalue weighted by molar-refractivity contribution is 6.31. The first-order chi connectivity index (χ1) is 8.06. The van der Waals surface area contributed by atoms with Gasteiger partial charge in [0.05, 0.1) is 5.02 Å². The van der Waals surface area contributed by atoms with Crippen LogP contribution in [-0.4, -0.2) is 11.0 Å². The van der Waals surface area contributed by atoms with Gasteiger partial charge in [-0.1, -0.05) is 11.6 Å². The van der Waals surface area contributed by atoms with E-state index < -0.39 is 5.82 Å². The van der Waals surface area contributed by atoms with Crippen LogP contribution in [0.2, 0.25) is 5.02 Å². The minimum Gasteiger partial charge on any atom is -0.441 e. The Morgan fingerprint density at radius 2 is 2.29 bits per heavy atom. The van der Waals surface area contributed by atoms with Gasteiger partial charge in [0.25, 0.3) is 0 Å². The number of hydrogen-bond donors (Lipinski definition) is 1. The van der Waals surface area contributed by atoms with E-state index in [0.717, 1.165) is 12.8 Å². The first-order valence-corrected chi connectivity index (χ1v) is 5.94. The summed E-state index contributed by atoms with van der Waals surface area (Å²) in [5.74, 6) is 0.111. The number of benzene rings is 1. The van der Waals surface area contributed by atoms with Crippen molar-refractivity contribution in [3.8, 4) is 0 Å². The van der Waals surface area contributed by atoms with Crippen molar-refractivity contribution in [2.75, 3.05) is 0 Å². The Bertz CT molecular complexity index is 485. The fraction of sp³-hybridized carbons (Fsp3) is 0.417. The molecule has 2 rings (SSSR count). The molecule has 1 atom stereocenters. The van der Waals surface area contributed by atoms with E-state index in [1.807, 2.05) is 6.92 Å². The van der Waals surface area contributed by atoms with Crippen molar-refractivity contribution < 1.29 is 8.81 Å². The van der Waals surface area contributed by atoms with Crippen LogP contribution >= 0.6 is 11.6 Å². The van der Waals surface area contributed by atoms with Gasteiger partial charge in [0, 0.05) is 18.5 Å². The van der Waals surface area contributed by atoms with Crippen molar-refractivity contribution in [1.29, 1.82) is 0 Å². The second kappa shape index (κ2) is 5.02. The Labute approximate surface area is 104 Å². The monoisotopic (exact) mass is 256 g/mol. The number of nitrogens with two attached hydrogens (primary N) is 1. The van der Waals surface area contributed by atoms with Crippen LogP contribution in [0.5, 0.6) is 0 Å². The molecule has 0 saturated heterocycles. The molecule has 0 bridgehead atoms. The summed E-state index contributed by atoms with van der Waals surface area (Å²) in [6.45, 7) is 1.96. The van der Waals surface area contributed by atoms with Crippen LogP contribution in [0.15, 0.2) is 16.5 Å². The summed E-state index contributed by atoms with van der Waals surface area (Å²) in [4.78, 5) is 4.25. The van der Waals surface area contributed by atoms with E-state index in [1.54, 1.807) is 0 Å². The van der Waals surface area contributed by atoms with E-state index in [0.29, 0.717) is 23.4 Å². The molecule has 0 aliphatic heterocycles. The maximum absolute atomic E-state index is 13.2. The molecule has 1 aromatic carbocycles. The van der Waals surface area contributed by atoms with Crippen molar-refractivity contribution in [2.24, 2.45) is 5.73 Å². The second-order valence-corrected chi connectivity index (χ2v) is 4.62. The Morgan fingerprint density at radius 3 is 3.00 bits per heavy atom. The Morgan fingerprint density at radius 1 is 1.53 bits per heavy atom. The van der Waals surface area contributed by atoms with Gasteiger partial charge in [0.2, 0.25) is 0 Å². The average molecular weight is 257 g/mol. The lowest BCUT2D eigenvalue weighted by Crippen LogP contribution is -2.14. The van der Waals surface area contributed by atoms with Gasteiger partial charge in [-0.25, -0.2) is 9.37 Å². The summed E-state index contributed by atoms with van der Waals surface area (Å²) in [5, 5.41) is 0.0629. The molecule has 17 heavy (non-hydrogen) atoms. The number of aryl methyl sites for hydroxylation is 1. The molecule has 92 valence electrons. The minimum atomic E-state index is -0.488. The van der Waals surface area contributed by atoms with E-state index in [2.05, 4.69) is 4.98 Å². The molecule has 0 radical (unpaired) electrons. The molecular weight excluding hydrogens is 243 g/mol. The quantitative estimate of drug-likeness (QED) is 0.913. The molecule has 0 fully saturated rings. The summed E-state index contributed by atoms with van der Waals surface area (Å²) in [7, 11) is 0. The van der Waals surface area contributed by atoms with E-state index in [4.69, 9.17) is 21.8 Å². The number of aromatic nitrogens is 1. The van der Waals surface area contributed by atoms with Gasteiger partial charge in [0.15, 0.2) is 11.5 Å². The first-order valence-electron chi connectivity index (χ1n) is 5.56. The fourth-order valence-corrected chi connectivity index (χ4v) is 1.81. The highest BCUT2D eigenvalue weighted by Crippen LogP contribution is 2.23. The molecule has 0 amide bonds. The predicted octanol–water partition coefficient (Wildman–Crippen LogP) is 3.29. The lowest BCUT2D eigenvalue weighted by Gasteiger charge is -2.01. The molecule has 1 heterocycles. The Balaban J connectivity index is 2.14. The first kappa shape index (κ1) is 12.3. The zero-order valence-corrected chi connectivity index (χ0v) is 10.3. The molecule has 1 aromatic heterocycles. The molecule has 0 aliphatic carbocycles. The third kappa shape index (κ3) is 2.96. The van der Waals surface area contributed by atoms with Crippen molar-refractivity contribution in [3.63, 3.8) is 0 Å². The summed E-state index contributed by atoms with van der Waals surface area (Å²) in [6, 6.07) is 2.91. The van der Waals surface area contributed by atoms with Gasteiger partial charge in [-0.05, 0) is 25.8 Å². The Hall–Kier alpha value is -1.13. The normalized spacial score (nSPS) is 13.2. The van der Waals surface area contributed by atoms with E-state index in [-0.39, 0.29) is 11.1 Å². The molecular formula is C12H14ClFN2O. The van der Waals surface area contributed by atoms with Crippen molar-refractivity contribution in [1.82, 2.24) is 4.98 Å². The minimum absolute atomic E-state index is 0.0629. The number of halogens is 2. The molecule has 3 nitrogen and oxygen atoms in total. The second-order valence-electron chi connectivity index (χ2n) is 4.21. The average Bonchev–Trinajstić information content (AvgIpc) is 2.60. The van der Waals surface area contributed by atoms with Crippen LogP contribution < -0.4 is 5.73 Å². The summed E-state index contributed by atoms with van der Waals surface area (Å²) < 4.78 is 18.6. The largest absolute Gasteiger partial charge is 0.441 e. The Kier molecular flexibility index (Phi) is 3.64. The van der Waals surface area contributed by atoms with E-state index in [1.165, 1.54) is 12.1 Å². The SMILES string of the molecule is CC(N)CCCc1nc2cc(Cl)c(F)cc2o1. The van der Waals surface area contributed by atoms with Crippen molar-refractivity contribution in [3.05, 3.63) is 28.9 Å². The van der Waals surface area contributed by atoms with Crippen molar-refractivity contribution >= 4 is 22.7 Å². The molecule has 0 saturated carbocycles. The maximum Gasteiger partial charge on any atom is 0.195 e. The van der Waals surface area contributed by atoms with Gasteiger partial charge in [-0.2, -0.15) is 0 Å². The molecule has 0 aliphatic rings. The van der Waals surface area contributed by atoms with Crippen LogP contribution in [0.1, 0.15) is 25.7 Å². The molecule has 5 heteroatoms. The zero-order chi connectivity index (χ0) is 12.4. The number of fused-ring (bicyclic) bond motifs is 1. The number of hydrogen-bond acceptors (Lipinski definition) is 3. The third-order valence-electron chi connectivity index (χ3n) is 2.52. The van der Waals surface area contributed by atoms with Gasteiger partial charge in [-0.3, -0.25) is 0 Å². The summed E-state index contributed by atoms with van der Waals surface area (Å²) in [5.41, 5.74) is 6.68. The predicted molar refractivity (Wildman–Crippen MR) is 65.6 cm³/mol. The van der Waals surface area contributed by atoms with Gasteiger partial charge < -0.3 is 10.2 Å². The topological polar surface area (TPSA) is 52.0 Å². The molecule has 2 N–H and O–H groups in total. The van der Waals surface area contributed by atoms with Gasteiger partial charge in [-0.15, -0.1) is 0 Å². The zero-order valence-electron chi connectivity index (χ0n) is 9.54. The summed E-state index contributed by atoms with van der Waals surface area (Å²) >= 11 is 5.67. The van der Waals surface area contributed by atoms with Crippen LogP contribution in [0, 0.1) is 5.82 Å². The van der Waals surface area contributed by atoms with E-state index in [9.17, 15) is 4.39 Å². The lowest BCUT2D eigenvalue weighted by atomic mass is 10.1. The summed E-state index contributed by atoms with van der Waals surface area (Å²) in [6.07, 6.45) is 2.52. The third-order valence-corrected chi connectivity index (χ3v) is 2.81. The number of nitrogens with zero attached hydrogens (tertiary/aromatic N) is 1. The van der Waals surface area contributed by atoms with Gasteiger partial charge in [0.1, 0.15) is 11.3 Å². The fourth-order valence-electron chi connectivity index (χ4n) is 1.65. The van der Waals surface area contributed by atoms with Crippen LogP contribution in [0.4, 0.5) is 4.39 Å². The standard InChI is InChI=1S/C12H14ClFN2O/c1-7(15)3-2-4-12-16-10-5-8(13)9(14)6-11(10)17-12/h5-7H,2-4,15H2,1H3. The molecule has 2 aromatic rings. The smallest absolute Gasteiger partial charge is 0.195 e. The molecule has 0 spiro atoms. The maximum atomic E-state index is 13.2. The lowest BCUT2D eigenvalue weighted by molar-refractivity contribution is 0.502.